The van der Waals surface area contributed by atoms with Crippen molar-refractivity contribution in [1.82, 2.24) is 4.90 Å². The highest BCUT2D eigenvalue weighted by Gasteiger charge is 2.28. The van der Waals surface area contributed by atoms with E-state index in [9.17, 15) is 14.0 Å². The van der Waals surface area contributed by atoms with Crippen molar-refractivity contribution < 1.29 is 18.7 Å². The van der Waals surface area contributed by atoms with Crippen molar-refractivity contribution in [3.05, 3.63) is 35.6 Å². The van der Waals surface area contributed by atoms with E-state index in [1.165, 1.54) is 6.07 Å². The van der Waals surface area contributed by atoms with Crippen LogP contribution in [0.5, 0.6) is 0 Å². The molecule has 0 N–H and O–H groups in total. The number of carbonyl (C=O) groups excluding carboxylic acids is 2. The van der Waals surface area contributed by atoms with Gasteiger partial charge in [0.15, 0.2) is 0 Å². The van der Waals surface area contributed by atoms with Crippen LogP contribution in [0.1, 0.15) is 25.3 Å². The predicted octanol–water partition coefficient (Wildman–Crippen LogP) is 2.17. The maximum absolute atomic E-state index is 13.5. The number of carbonyl (C=O) groups is 2. The number of ether oxygens (including phenoxy) is 1. The Morgan fingerprint density at radius 1 is 1.29 bits per heavy atom. The van der Waals surface area contributed by atoms with E-state index in [1.807, 2.05) is 0 Å². The molecule has 1 fully saturated rings. The first kappa shape index (κ1) is 15.5. The van der Waals surface area contributed by atoms with E-state index in [0.717, 1.165) is 0 Å². The van der Waals surface area contributed by atoms with Gasteiger partial charge in [-0.3, -0.25) is 9.59 Å². The van der Waals surface area contributed by atoms with Gasteiger partial charge in [0.05, 0.1) is 18.9 Å². The van der Waals surface area contributed by atoms with Gasteiger partial charge in [-0.1, -0.05) is 18.2 Å². The van der Waals surface area contributed by atoms with Gasteiger partial charge in [-0.25, -0.2) is 4.39 Å². The summed E-state index contributed by atoms with van der Waals surface area (Å²) < 4.78 is 18.5. The van der Waals surface area contributed by atoms with Gasteiger partial charge in [0.25, 0.3) is 0 Å². The molecule has 0 unspecified atom stereocenters. The number of amides is 1. The van der Waals surface area contributed by atoms with Crippen LogP contribution >= 0.6 is 0 Å². The third-order valence-corrected chi connectivity index (χ3v) is 3.77. The molecule has 1 aliphatic heterocycles. The molecule has 5 heteroatoms. The Bertz CT molecular complexity index is 510. The second-order valence-electron chi connectivity index (χ2n) is 5.18. The lowest BCUT2D eigenvalue weighted by molar-refractivity contribution is -0.151. The van der Waals surface area contributed by atoms with Crippen LogP contribution in [0.3, 0.4) is 0 Å². The van der Waals surface area contributed by atoms with Gasteiger partial charge in [-0.2, -0.15) is 0 Å². The molecule has 0 radical (unpaired) electrons. The van der Waals surface area contributed by atoms with E-state index in [4.69, 9.17) is 4.74 Å². The second kappa shape index (κ2) is 7.20. The van der Waals surface area contributed by atoms with E-state index in [0.29, 0.717) is 38.1 Å². The third kappa shape index (κ3) is 4.03. The van der Waals surface area contributed by atoms with Crippen molar-refractivity contribution in [2.75, 3.05) is 19.7 Å². The highest BCUT2D eigenvalue weighted by atomic mass is 19.1. The molecule has 1 aliphatic rings. The number of hydrogen-bond donors (Lipinski definition) is 0. The second-order valence-corrected chi connectivity index (χ2v) is 5.18. The quantitative estimate of drug-likeness (QED) is 0.799. The summed E-state index contributed by atoms with van der Waals surface area (Å²) in [4.78, 5) is 25.5. The Balaban J connectivity index is 1.86. The number of hydrogen-bond acceptors (Lipinski definition) is 3. The summed E-state index contributed by atoms with van der Waals surface area (Å²) in [6, 6.07) is 6.31. The maximum Gasteiger partial charge on any atom is 0.309 e. The van der Waals surface area contributed by atoms with E-state index >= 15 is 0 Å². The highest BCUT2D eigenvalue weighted by molar-refractivity contribution is 5.79. The number of halogens is 1. The van der Waals surface area contributed by atoms with Gasteiger partial charge in [-0.05, 0) is 31.4 Å². The molecule has 0 spiro atoms. The average molecular weight is 293 g/mol. The lowest BCUT2D eigenvalue weighted by atomic mass is 9.96. The van der Waals surface area contributed by atoms with Crippen LogP contribution in [0.2, 0.25) is 0 Å². The SMILES string of the molecule is CCOC(=O)C1CCN(C(=O)Cc2ccccc2F)CC1. The Labute approximate surface area is 123 Å². The molecule has 4 nitrogen and oxygen atoms in total. The maximum atomic E-state index is 13.5. The minimum Gasteiger partial charge on any atom is -0.466 e. The van der Waals surface area contributed by atoms with E-state index in [2.05, 4.69) is 0 Å². The fraction of sp³-hybridized carbons (Fsp3) is 0.500. The number of piperidine rings is 1. The van der Waals surface area contributed by atoms with Gasteiger partial charge in [0.2, 0.25) is 5.91 Å². The van der Waals surface area contributed by atoms with Crippen molar-refractivity contribution >= 4 is 11.9 Å². The molecule has 0 atom stereocenters. The summed E-state index contributed by atoms with van der Waals surface area (Å²) >= 11 is 0. The van der Waals surface area contributed by atoms with Gasteiger partial charge in [0.1, 0.15) is 5.82 Å². The summed E-state index contributed by atoms with van der Waals surface area (Å²) in [5.41, 5.74) is 0.412. The number of esters is 1. The number of rotatable bonds is 4. The van der Waals surface area contributed by atoms with Crippen molar-refractivity contribution in [1.29, 1.82) is 0 Å². The first-order valence-electron chi connectivity index (χ1n) is 7.29. The van der Waals surface area contributed by atoms with Gasteiger partial charge < -0.3 is 9.64 Å². The fourth-order valence-electron chi connectivity index (χ4n) is 2.54. The molecule has 1 aromatic carbocycles. The molecule has 1 aromatic rings. The van der Waals surface area contributed by atoms with Crippen LogP contribution in [0.4, 0.5) is 4.39 Å². The monoisotopic (exact) mass is 293 g/mol. The molecule has 1 saturated heterocycles. The molecule has 114 valence electrons. The van der Waals surface area contributed by atoms with Crippen LogP contribution in [0, 0.1) is 11.7 Å². The van der Waals surface area contributed by atoms with E-state index in [1.54, 1.807) is 30.0 Å². The lowest BCUT2D eigenvalue weighted by Crippen LogP contribution is -2.41. The standard InChI is InChI=1S/C16H20FNO3/c1-2-21-16(20)12-7-9-18(10-8-12)15(19)11-13-5-3-4-6-14(13)17/h3-6,12H,2,7-11H2,1H3. The first-order valence-corrected chi connectivity index (χ1v) is 7.29. The zero-order chi connectivity index (χ0) is 15.2. The molecule has 2 rings (SSSR count). The minimum absolute atomic E-state index is 0.0662. The Hall–Kier alpha value is -1.91. The molecule has 1 amide bonds. The van der Waals surface area contributed by atoms with Crippen LogP contribution < -0.4 is 0 Å². The summed E-state index contributed by atoms with van der Waals surface area (Å²) in [5.74, 6) is -0.754. The largest absolute Gasteiger partial charge is 0.466 e. The first-order chi connectivity index (χ1) is 10.1. The van der Waals surface area contributed by atoms with Crippen LogP contribution in [-0.2, 0) is 20.7 Å². The Kier molecular flexibility index (Phi) is 5.31. The average Bonchev–Trinajstić information content (AvgIpc) is 2.50. The van der Waals surface area contributed by atoms with Crippen molar-refractivity contribution in [3.63, 3.8) is 0 Å². The van der Waals surface area contributed by atoms with Crippen molar-refractivity contribution in [2.45, 2.75) is 26.2 Å². The van der Waals surface area contributed by atoms with Gasteiger partial charge in [0, 0.05) is 13.1 Å². The summed E-state index contributed by atoms with van der Waals surface area (Å²) in [6.45, 7) is 3.21. The molecular weight excluding hydrogens is 273 g/mol. The van der Waals surface area contributed by atoms with Crippen molar-refractivity contribution in [2.24, 2.45) is 5.92 Å². The van der Waals surface area contributed by atoms with E-state index in [-0.39, 0.29) is 30.0 Å². The van der Waals surface area contributed by atoms with Crippen molar-refractivity contribution in [3.8, 4) is 0 Å². The summed E-state index contributed by atoms with van der Waals surface area (Å²) in [5, 5.41) is 0. The summed E-state index contributed by atoms with van der Waals surface area (Å²) in [7, 11) is 0. The number of nitrogens with zero attached hydrogens (tertiary/aromatic N) is 1. The highest BCUT2D eigenvalue weighted by Crippen LogP contribution is 2.20. The van der Waals surface area contributed by atoms with Crippen LogP contribution in [0.15, 0.2) is 24.3 Å². The topological polar surface area (TPSA) is 46.6 Å². The van der Waals surface area contributed by atoms with Gasteiger partial charge >= 0.3 is 5.97 Å². The zero-order valence-corrected chi connectivity index (χ0v) is 12.2. The lowest BCUT2D eigenvalue weighted by Gasteiger charge is -2.31. The number of benzene rings is 1. The third-order valence-electron chi connectivity index (χ3n) is 3.77. The molecular formula is C16H20FNO3. The van der Waals surface area contributed by atoms with Gasteiger partial charge in [-0.15, -0.1) is 0 Å². The fourth-order valence-corrected chi connectivity index (χ4v) is 2.54. The van der Waals surface area contributed by atoms with E-state index < -0.39 is 0 Å². The zero-order valence-electron chi connectivity index (χ0n) is 12.2. The van der Waals surface area contributed by atoms with Crippen LogP contribution in [0.25, 0.3) is 0 Å². The molecule has 0 aromatic heterocycles. The molecule has 0 bridgehead atoms. The molecule has 21 heavy (non-hydrogen) atoms. The minimum atomic E-state index is -0.354. The molecule has 0 aliphatic carbocycles. The smallest absolute Gasteiger partial charge is 0.309 e. The van der Waals surface area contributed by atoms with Crippen LogP contribution in [-0.4, -0.2) is 36.5 Å². The molecule has 0 saturated carbocycles. The summed E-state index contributed by atoms with van der Waals surface area (Å²) in [6.07, 6.45) is 1.29. The number of likely N-dealkylation sites (tertiary alicyclic amines) is 1. The predicted molar refractivity (Wildman–Crippen MR) is 76.0 cm³/mol. The Morgan fingerprint density at radius 2 is 1.95 bits per heavy atom. The normalized spacial score (nSPS) is 15.8. The Morgan fingerprint density at radius 3 is 2.57 bits per heavy atom. The molecule has 1 heterocycles.